The zero-order valence-corrected chi connectivity index (χ0v) is 17.4. The highest BCUT2D eigenvalue weighted by Gasteiger charge is 2.14. The molecule has 0 bridgehead atoms. The van der Waals surface area contributed by atoms with E-state index in [9.17, 15) is 4.79 Å². The number of para-hydroxylation sites is 2. The Bertz CT molecular complexity index is 802. The lowest BCUT2D eigenvalue weighted by Crippen LogP contribution is -2.32. The summed E-state index contributed by atoms with van der Waals surface area (Å²) in [6, 6.07) is 13.7. The van der Waals surface area contributed by atoms with Gasteiger partial charge < -0.3 is 25.0 Å². The molecule has 1 aliphatic heterocycles. The minimum atomic E-state index is -0.187. The summed E-state index contributed by atoms with van der Waals surface area (Å²) in [6.07, 6.45) is 5.67. The zero-order valence-electron chi connectivity index (χ0n) is 17.4. The summed E-state index contributed by atoms with van der Waals surface area (Å²) < 4.78 is 10.6. The van der Waals surface area contributed by atoms with Gasteiger partial charge in [-0.05, 0) is 49.1 Å². The molecule has 2 N–H and O–H groups in total. The monoisotopic (exact) mass is 397 g/mol. The third-order valence-electron chi connectivity index (χ3n) is 5.25. The van der Waals surface area contributed by atoms with Gasteiger partial charge >= 0.3 is 6.03 Å². The van der Waals surface area contributed by atoms with Gasteiger partial charge in [-0.3, -0.25) is 0 Å². The van der Waals surface area contributed by atoms with Crippen LogP contribution < -0.4 is 25.0 Å². The standard InChI is InChI=1S/C23H31N3O3/c1-28-21-12-11-18(17-22(21)29-2)13-14-24-23(27)25-19-9-5-6-10-20(19)26-15-7-3-4-8-16-26/h5-6,9-12,17H,3-4,7-8,13-16H2,1-2H3,(H2,24,25,27). The second-order valence-corrected chi connectivity index (χ2v) is 7.24. The molecule has 0 spiro atoms. The van der Waals surface area contributed by atoms with Crippen molar-refractivity contribution in [2.24, 2.45) is 0 Å². The second-order valence-electron chi connectivity index (χ2n) is 7.24. The number of carbonyl (C=O) groups excluding carboxylic acids is 1. The first-order valence-electron chi connectivity index (χ1n) is 10.3. The van der Waals surface area contributed by atoms with Gasteiger partial charge in [-0.15, -0.1) is 0 Å². The van der Waals surface area contributed by atoms with Crippen LogP contribution in [-0.4, -0.2) is 39.9 Å². The molecule has 2 amide bonds. The lowest BCUT2D eigenvalue weighted by atomic mass is 10.1. The summed E-state index contributed by atoms with van der Waals surface area (Å²) >= 11 is 0. The molecule has 1 saturated heterocycles. The molecule has 156 valence electrons. The predicted octanol–water partition coefficient (Wildman–Crippen LogP) is 4.45. The third kappa shape index (κ3) is 5.79. The summed E-state index contributed by atoms with van der Waals surface area (Å²) in [5, 5.41) is 5.97. The molecule has 0 unspecified atom stereocenters. The van der Waals surface area contributed by atoms with E-state index in [0.717, 1.165) is 30.0 Å². The molecular formula is C23H31N3O3. The number of amides is 2. The number of nitrogens with one attached hydrogen (secondary N) is 2. The van der Waals surface area contributed by atoms with E-state index in [0.29, 0.717) is 24.5 Å². The summed E-state index contributed by atoms with van der Waals surface area (Å²) in [6.45, 7) is 2.62. The fraction of sp³-hybridized carbons (Fsp3) is 0.435. The van der Waals surface area contributed by atoms with Gasteiger partial charge in [0.2, 0.25) is 0 Å². The largest absolute Gasteiger partial charge is 0.493 e. The van der Waals surface area contributed by atoms with Gasteiger partial charge in [0.1, 0.15) is 0 Å². The van der Waals surface area contributed by atoms with E-state index in [2.05, 4.69) is 21.6 Å². The van der Waals surface area contributed by atoms with Crippen LogP contribution >= 0.6 is 0 Å². The smallest absolute Gasteiger partial charge is 0.319 e. The minimum absolute atomic E-state index is 0.187. The molecule has 29 heavy (non-hydrogen) atoms. The first-order chi connectivity index (χ1) is 14.2. The van der Waals surface area contributed by atoms with Gasteiger partial charge in [-0.25, -0.2) is 4.79 Å². The number of hydrogen-bond acceptors (Lipinski definition) is 4. The normalized spacial score (nSPS) is 14.1. The molecule has 0 atom stereocenters. The lowest BCUT2D eigenvalue weighted by Gasteiger charge is -2.25. The maximum Gasteiger partial charge on any atom is 0.319 e. The average molecular weight is 398 g/mol. The Morgan fingerprint density at radius 2 is 1.69 bits per heavy atom. The summed E-state index contributed by atoms with van der Waals surface area (Å²) in [5.74, 6) is 1.40. The topological polar surface area (TPSA) is 62.8 Å². The predicted molar refractivity (Wildman–Crippen MR) is 117 cm³/mol. The number of anilines is 2. The van der Waals surface area contributed by atoms with E-state index >= 15 is 0 Å². The maximum atomic E-state index is 12.4. The van der Waals surface area contributed by atoms with Gasteiger partial charge in [-0.1, -0.05) is 31.0 Å². The molecule has 1 aliphatic rings. The van der Waals surface area contributed by atoms with Crippen molar-refractivity contribution in [1.29, 1.82) is 0 Å². The molecule has 2 aromatic carbocycles. The van der Waals surface area contributed by atoms with Crippen LogP contribution in [0.15, 0.2) is 42.5 Å². The molecule has 6 nitrogen and oxygen atoms in total. The Labute approximate surface area is 173 Å². The van der Waals surface area contributed by atoms with Gasteiger partial charge in [0.25, 0.3) is 0 Å². The number of urea groups is 1. The number of rotatable bonds is 7. The molecule has 0 saturated carbocycles. The fourth-order valence-corrected chi connectivity index (χ4v) is 3.69. The van der Waals surface area contributed by atoms with Crippen LogP contribution in [-0.2, 0) is 6.42 Å². The maximum absolute atomic E-state index is 12.4. The highest BCUT2D eigenvalue weighted by atomic mass is 16.5. The first-order valence-corrected chi connectivity index (χ1v) is 10.3. The van der Waals surface area contributed by atoms with Crippen LogP contribution in [0.5, 0.6) is 11.5 Å². The van der Waals surface area contributed by atoms with Gasteiger partial charge in [0, 0.05) is 19.6 Å². The Morgan fingerprint density at radius 3 is 2.41 bits per heavy atom. The average Bonchev–Trinajstić information content (AvgIpc) is 3.03. The van der Waals surface area contributed by atoms with Crippen molar-refractivity contribution in [2.75, 3.05) is 44.1 Å². The number of carbonyl (C=O) groups is 1. The van der Waals surface area contributed by atoms with Crippen molar-refractivity contribution in [2.45, 2.75) is 32.1 Å². The summed E-state index contributed by atoms with van der Waals surface area (Å²) in [5.41, 5.74) is 3.04. The van der Waals surface area contributed by atoms with Gasteiger partial charge in [0.05, 0.1) is 25.6 Å². The van der Waals surface area contributed by atoms with Crippen LogP contribution in [0.1, 0.15) is 31.2 Å². The van der Waals surface area contributed by atoms with E-state index in [4.69, 9.17) is 9.47 Å². The highest BCUT2D eigenvalue weighted by Crippen LogP contribution is 2.28. The molecule has 1 fully saturated rings. The Kier molecular flexibility index (Phi) is 7.61. The van der Waals surface area contributed by atoms with Gasteiger partial charge in [0.15, 0.2) is 11.5 Å². The molecule has 3 rings (SSSR count). The zero-order chi connectivity index (χ0) is 20.5. The molecule has 0 radical (unpaired) electrons. The SMILES string of the molecule is COc1ccc(CCNC(=O)Nc2ccccc2N2CCCCCC2)cc1OC. The Hall–Kier alpha value is -2.89. The fourth-order valence-electron chi connectivity index (χ4n) is 3.69. The van der Waals surface area contributed by atoms with Crippen LogP contribution in [0.3, 0.4) is 0 Å². The first kappa shape index (κ1) is 20.8. The molecule has 1 heterocycles. The molecule has 6 heteroatoms. The number of benzene rings is 2. The third-order valence-corrected chi connectivity index (χ3v) is 5.25. The molecule has 0 aromatic heterocycles. The van der Waals surface area contributed by atoms with Crippen molar-refractivity contribution >= 4 is 17.4 Å². The van der Waals surface area contributed by atoms with E-state index in [1.807, 2.05) is 36.4 Å². The summed E-state index contributed by atoms with van der Waals surface area (Å²) in [7, 11) is 3.24. The van der Waals surface area contributed by atoms with Gasteiger partial charge in [-0.2, -0.15) is 0 Å². The van der Waals surface area contributed by atoms with E-state index < -0.39 is 0 Å². The molecule has 0 aliphatic carbocycles. The van der Waals surface area contributed by atoms with E-state index in [-0.39, 0.29) is 6.03 Å². The number of methoxy groups -OCH3 is 2. The van der Waals surface area contributed by atoms with Crippen molar-refractivity contribution in [3.8, 4) is 11.5 Å². The number of ether oxygens (including phenoxy) is 2. The Balaban J connectivity index is 1.55. The number of hydrogen-bond donors (Lipinski definition) is 2. The quantitative estimate of drug-likeness (QED) is 0.725. The van der Waals surface area contributed by atoms with Crippen LogP contribution in [0.4, 0.5) is 16.2 Å². The number of nitrogens with zero attached hydrogens (tertiary/aromatic N) is 1. The van der Waals surface area contributed by atoms with E-state index in [1.54, 1.807) is 14.2 Å². The van der Waals surface area contributed by atoms with Crippen molar-refractivity contribution in [3.05, 3.63) is 48.0 Å². The minimum Gasteiger partial charge on any atom is -0.493 e. The van der Waals surface area contributed by atoms with Crippen LogP contribution in [0.25, 0.3) is 0 Å². The van der Waals surface area contributed by atoms with E-state index in [1.165, 1.54) is 25.7 Å². The van der Waals surface area contributed by atoms with Crippen LogP contribution in [0, 0.1) is 0 Å². The second kappa shape index (κ2) is 10.6. The Morgan fingerprint density at radius 1 is 0.966 bits per heavy atom. The molecule has 2 aromatic rings. The van der Waals surface area contributed by atoms with Crippen molar-refractivity contribution in [1.82, 2.24) is 5.32 Å². The molecular weight excluding hydrogens is 366 g/mol. The summed E-state index contributed by atoms with van der Waals surface area (Å²) in [4.78, 5) is 14.8. The highest BCUT2D eigenvalue weighted by molar-refractivity contribution is 5.93. The lowest BCUT2D eigenvalue weighted by molar-refractivity contribution is 0.252. The van der Waals surface area contributed by atoms with Crippen molar-refractivity contribution in [3.63, 3.8) is 0 Å². The van der Waals surface area contributed by atoms with Crippen molar-refractivity contribution < 1.29 is 14.3 Å². The van der Waals surface area contributed by atoms with Crippen LogP contribution in [0.2, 0.25) is 0 Å².